The van der Waals surface area contributed by atoms with E-state index in [0.29, 0.717) is 26.1 Å². The molecule has 4 nitrogen and oxygen atoms in total. The first kappa shape index (κ1) is 18.2. The second kappa shape index (κ2) is 8.21. The number of hydrogen-bond acceptors (Lipinski definition) is 3. The summed E-state index contributed by atoms with van der Waals surface area (Å²) >= 11 is 0. The molecule has 0 aliphatic carbocycles. The number of ether oxygens (including phenoxy) is 1. The van der Waals surface area contributed by atoms with Crippen LogP contribution in [0, 0.1) is 19.7 Å². The quantitative estimate of drug-likeness (QED) is 0.821. The maximum absolute atomic E-state index is 13.0. The number of hydrogen-bond donors (Lipinski definition) is 0. The average molecular weight is 356 g/mol. The number of aryl methyl sites for hydroxylation is 2. The molecule has 0 spiro atoms. The predicted octanol–water partition coefficient (Wildman–Crippen LogP) is 3.56. The van der Waals surface area contributed by atoms with Crippen molar-refractivity contribution in [3.05, 3.63) is 59.4 Å². The van der Waals surface area contributed by atoms with Crippen molar-refractivity contribution in [3.63, 3.8) is 0 Å². The van der Waals surface area contributed by atoms with E-state index < -0.39 is 0 Å². The normalized spacial score (nSPS) is 14.4. The van der Waals surface area contributed by atoms with Gasteiger partial charge in [-0.3, -0.25) is 4.79 Å². The van der Waals surface area contributed by atoms with Crippen molar-refractivity contribution in [1.82, 2.24) is 4.90 Å². The van der Waals surface area contributed by atoms with Crippen molar-refractivity contribution in [2.24, 2.45) is 0 Å². The third kappa shape index (κ3) is 4.54. The number of anilines is 1. The van der Waals surface area contributed by atoms with E-state index >= 15 is 0 Å². The van der Waals surface area contributed by atoms with Crippen LogP contribution < -0.4 is 9.64 Å². The van der Waals surface area contributed by atoms with Crippen molar-refractivity contribution >= 4 is 11.6 Å². The van der Waals surface area contributed by atoms with Crippen molar-refractivity contribution in [2.75, 3.05) is 37.7 Å². The molecule has 1 aliphatic rings. The maximum Gasteiger partial charge on any atom is 0.226 e. The fraction of sp³-hybridized carbons (Fsp3) is 0.381. The molecule has 0 atom stereocenters. The van der Waals surface area contributed by atoms with Gasteiger partial charge in [0.05, 0.1) is 13.0 Å². The summed E-state index contributed by atoms with van der Waals surface area (Å²) in [6, 6.07) is 12.5. The van der Waals surface area contributed by atoms with Crippen LogP contribution in [0.5, 0.6) is 5.75 Å². The molecule has 0 saturated carbocycles. The van der Waals surface area contributed by atoms with E-state index in [1.807, 2.05) is 30.9 Å². The minimum Gasteiger partial charge on any atom is -0.493 e. The number of carbonyl (C=O) groups excluding carboxylic acids is 1. The minimum absolute atomic E-state index is 0.119. The zero-order valence-corrected chi connectivity index (χ0v) is 15.4. The van der Waals surface area contributed by atoms with E-state index in [9.17, 15) is 9.18 Å². The molecule has 1 fully saturated rings. The highest BCUT2D eigenvalue weighted by Gasteiger charge is 2.21. The Hall–Kier alpha value is -2.56. The summed E-state index contributed by atoms with van der Waals surface area (Å²) in [5.41, 5.74) is 3.28. The number of carbonyl (C=O) groups is 1. The van der Waals surface area contributed by atoms with Crippen LogP contribution in [0.15, 0.2) is 42.5 Å². The standard InChI is InChI=1S/C21H25FN2O2/c1-16-3-8-20(17(2)15-16)26-14-9-21(25)24-12-10-23(11-13-24)19-6-4-18(22)5-7-19/h3-8,15H,9-14H2,1-2H3. The Labute approximate surface area is 154 Å². The second-order valence-electron chi connectivity index (χ2n) is 6.71. The first-order valence-electron chi connectivity index (χ1n) is 9.01. The van der Waals surface area contributed by atoms with Gasteiger partial charge in [-0.05, 0) is 49.7 Å². The Bertz CT molecular complexity index is 753. The van der Waals surface area contributed by atoms with Gasteiger partial charge in [0.25, 0.3) is 0 Å². The van der Waals surface area contributed by atoms with Gasteiger partial charge in [-0.2, -0.15) is 0 Å². The monoisotopic (exact) mass is 356 g/mol. The summed E-state index contributed by atoms with van der Waals surface area (Å²) in [6.07, 6.45) is 0.379. The van der Waals surface area contributed by atoms with Crippen LogP contribution in [0.2, 0.25) is 0 Å². The molecular weight excluding hydrogens is 331 g/mol. The fourth-order valence-electron chi connectivity index (χ4n) is 3.23. The van der Waals surface area contributed by atoms with Crippen molar-refractivity contribution in [3.8, 4) is 5.75 Å². The van der Waals surface area contributed by atoms with Crippen LogP contribution in [0.4, 0.5) is 10.1 Å². The summed E-state index contributed by atoms with van der Waals surface area (Å²) in [5, 5.41) is 0. The Morgan fingerprint density at radius 2 is 1.73 bits per heavy atom. The number of amides is 1. The van der Waals surface area contributed by atoms with Crippen molar-refractivity contribution in [2.45, 2.75) is 20.3 Å². The van der Waals surface area contributed by atoms with E-state index in [4.69, 9.17) is 4.74 Å². The molecule has 0 N–H and O–H groups in total. The molecule has 2 aromatic rings. The highest BCUT2D eigenvalue weighted by atomic mass is 19.1. The molecule has 5 heteroatoms. The first-order valence-corrected chi connectivity index (χ1v) is 9.01. The molecule has 2 aromatic carbocycles. The third-order valence-electron chi connectivity index (χ3n) is 4.73. The van der Waals surface area contributed by atoms with E-state index in [1.54, 1.807) is 12.1 Å². The highest BCUT2D eigenvalue weighted by Crippen LogP contribution is 2.19. The smallest absolute Gasteiger partial charge is 0.226 e. The van der Waals surface area contributed by atoms with E-state index in [2.05, 4.69) is 11.0 Å². The number of halogens is 1. The average Bonchev–Trinajstić information content (AvgIpc) is 2.64. The summed E-state index contributed by atoms with van der Waals surface area (Å²) in [7, 11) is 0. The summed E-state index contributed by atoms with van der Waals surface area (Å²) in [4.78, 5) is 16.4. The van der Waals surface area contributed by atoms with E-state index in [1.165, 1.54) is 17.7 Å². The lowest BCUT2D eigenvalue weighted by molar-refractivity contribution is -0.132. The van der Waals surface area contributed by atoms with Gasteiger partial charge < -0.3 is 14.5 Å². The SMILES string of the molecule is Cc1ccc(OCCC(=O)N2CCN(c3ccc(F)cc3)CC2)c(C)c1. The van der Waals surface area contributed by atoms with Crippen LogP contribution in [-0.2, 0) is 4.79 Å². The molecule has 0 radical (unpaired) electrons. The summed E-state index contributed by atoms with van der Waals surface area (Å²) in [6.45, 7) is 7.33. The summed E-state index contributed by atoms with van der Waals surface area (Å²) < 4.78 is 18.8. The lowest BCUT2D eigenvalue weighted by atomic mass is 10.1. The molecule has 1 amide bonds. The van der Waals surface area contributed by atoms with Gasteiger partial charge in [-0.1, -0.05) is 17.7 Å². The molecule has 1 heterocycles. The fourth-order valence-corrected chi connectivity index (χ4v) is 3.23. The van der Waals surface area contributed by atoms with Gasteiger partial charge in [0.1, 0.15) is 11.6 Å². The Morgan fingerprint density at radius 3 is 2.38 bits per heavy atom. The summed E-state index contributed by atoms with van der Waals surface area (Å²) in [5.74, 6) is 0.726. The van der Waals surface area contributed by atoms with Crippen molar-refractivity contribution in [1.29, 1.82) is 0 Å². The molecule has 0 aromatic heterocycles. The Balaban J connectivity index is 1.44. The number of benzene rings is 2. The van der Waals surface area contributed by atoms with Gasteiger partial charge >= 0.3 is 0 Å². The van der Waals surface area contributed by atoms with Gasteiger partial charge in [0, 0.05) is 31.9 Å². The molecule has 0 bridgehead atoms. The van der Waals surface area contributed by atoms with E-state index in [0.717, 1.165) is 30.1 Å². The lowest BCUT2D eigenvalue weighted by Crippen LogP contribution is -2.49. The Morgan fingerprint density at radius 1 is 1.04 bits per heavy atom. The topological polar surface area (TPSA) is 32.8 Å². The van der Waals surface area contributed by atoms with Gasteiger partial charge in [-0.15, -0.1) is 0 Å². The zero-order valence-electron chi connectivity index (χ0n) is 15.4. The molecule has 138 valence electrons. The van der Waals surface area contributed by atoms with Crippen LogP contribution in [0.3, 0.4) is 0 Å². The zero-order chi connectivity index (χ0) is 18.5. The molecule has 1 aliphatic heterocycles. The molecule has 3 rings (SSSR count). The van der Waals surface area contributed by atoms with Gasteiger partial charge in [-0.25, -0.2) is 4.39 Å². The predicted molar refractivity (Wildman–Crippen MR) is 101 cm³/mol. The number of rotatable bonds is 5. The van der Waals surface area contributed by atoms with Crippen LogP contribution >= 0.6 is 0 Å². The first-order chi connectivity index (χ1) is 12.5. The van der Waals surface area contributed by atoms with Crippen molar-refractivity contribution < 1.29 is 13.9 Å². The largest absolute Gasteiger partial charge is 0.493 e. The maximum atomic E-state index is 13.0. The molecule has 26 heavy (non-hydrogen) atoms. The molecule has 1 saturated heterocycles. The number of nitrogens with zero attached hydrogens (tertiary/aromatic N) is 2. The van der Waals surface area contributed by atoms with Gasteiger partial charge in [0.15, 0.2) is 0 Å². The van der Waals surface area contributed by atoms with Crippen LogP contribution in [0.1, 0.15) is 17.5 Å². The molecular formula is C21H25FN2O2. The Kier molecular flexibility index (Phi) is 5.76. The van der Waals surface area contributed by atoms with Crippen LogP contribution in [0.25, 0.3) is 0 Å². The van der Waals surface area contributed by atoms with E-state index in [-0.39, 0.29) is 11.7 Å². The van der Waals surface area contributed by atoms with Crippen LogP contribution in [-0.4, -0.2) is 43.6 Å². The lowest BCUT2D eigenvalue weighted by Gasteiger charge is -2.36. The highest BCUT2D eigenvalue weighted by molar-refractivity contribution is 5.76. The third-order valence-corrected chi connectivity index (χ3v) is 4.73. The second-order valence-corrected chi connectivity index (χ2v) is 6.71. The molecule has 0 unspecified atom stereocenters. The number of piperazine rings is 1. The van der Waals surface area contributed by atoms with Gasteiger partial charge in [0.2, 0.25) is 5.91 Å². The minimum atomic E-state index is -0.230.